The van der Waals surface area contributed by atoms with Crippen molar-refractivity contribution in [3.05, 3.63) is 35.4 Å². The highest BCUT2D eigenvalue weighted by atomic mass is 16.5. The Bertz CT molecular complexity index is 460. The minimum Gasteiger partial charge on any atom is -0.478 e. The molecule has 1 amide bonds. The van der Waals surface area contributed by atoms with Gasteiger partial charge in [0.05, 0.1) is 11.6 Å². The minimum absolute atomic E-state index is 0.00481. The number of aromatic carboxylic acids is 1. The summed E-state index contributed by atoms with van der Waals surface area (Å²) >= 11 is 0. The number of carbonyl (C=O) groups excluding carboxylic acids is 1. The number of hydroxylamine groups is 1. The van der Waals surface area contributed by atoms with Gasteiger partial charge in [0.1, 0.15) is 0 Å². The Morgan fingerprint density at radius 1 is 1.32 bits per heavy atom. The van der Waals surface area contributed by atoms with E-state index in [1.54, 1.807) is 23.7 Å². The fourth-order valence-corrected chi connectivity index (χ4v) is 1.74. The van der Waals surface area contributed by atoms with Crippen LogP contribution in [0.1, 0.15) is 29.8 Å². The second-order valence-corrected chi connectivity index (χ2v) is 4.58. The molecule has 4 N–H and O–H groups in total. The molecule has 19 heavy (non-hydrogen) atoms. The van der Waals surface area contributed by atoms with Gasteiger partial charge in [-0.25, -0.2) is 10.3 Å². The maximum Gasteiger partial charge on any atom is 0.335 e. The lowest BCUT2D eigenvalue weighted by Crippen LogP contribution is -2.46. The Morgan fingerprint density at radius 2 is 2.00 bits per heavy atom. The maximum atomic E-state index is 11.4. The zero-order chi connectivity index (χ0) is 14.4. The SMILES string of the molecule is CC(C)[C@H](NCc1cccc(C(=O)O)c1)C(=O)NO. The summed E-state index contributed by atoms with van der Waals surface area (Å²) in [7, 11) is 0. The molecule has 0 saturated heterocycles. The van der Waals surface area contributed by atoms with Crippen molar-refractivity contribution < 1.29 is 19.9 Å². The van der Waals surface area contributed by atoms with Crippen molar-refractivity contribution in [2.75, 3.05) is 0 Å². The van der Waals surface area contributed by atoms with E-state index >= 15 is 0 Å². The molecule has 6 nitrogen and oxygen atoms in total. The van der Waals surface area contributed by atoms with E-state index in [9.17, 15) is 9.59 Å². The number of carboxylic acids is 1. The van der Waals surface area contributed by atoms with E-state index in [1.165, 1.54) is 6.07 Å². The molecule has 1 aromatic carbocycles. The van der Waals surface area contributed by atoms with Gasteiger partial charge in [-0.2, -0.15) is 0 Å². The molecular weight excluding hydrogens is 248 g/mol. The first-order valence-corrected chi connectivity index (χ1v) is 5.95. The zero-order valence-electron chi connectivity index (χ0n) is 10.9. The fourth-order valence-electron chi connectivity index (χ4n) is 1.74. The third-order valence-electron chi connectivity index (χ3n) is 2.76. The molecule has 0 aromatic heterocycles. The predicted octanol–water partition coefficient (Wildman–Crippen LogP) is 1.00. The topological polar surface area (TPSA) is 98.7 Å². The third kappa shape index (κ3) is 4.35. The van der Waals surface area contributed by atoms with Crippen molar-refractivity contribution in [2.45, 2.75) is 26.4 Å². The van der Waals surface area contributed by atoms with Crippen LogP contribution in [0.5, 0.6) is 0 Å². The van der Waals surface area contributed by atoms with Crippen LogP contribution in [0.2, 0.25) is 0 Å². The van der Waals surface area contributed by atoms with Gasteiger partial charge in [-0.05, 0) is 23.6 Å². The molecule has 1 atom stereocenters. The lowest BCUT2D eigenvalue weighted by atomic mass is 10.0. The molecule has 1 aromatic rings. The molecule has 1 rings (SSSR count). The second-order valence-electron chi connectivity index (χ2n) is 4.58. The summed E-state index contributed by atoms with van der Waals surface area (Å²) in [5.41, 5.74) is 2.58. The molecular formula is C13H18N2O4. The molecule has 0 spiro atoms. The number of amides is 1. The molecule has 0 aliphatic carbocycles. The van der Waals surface area contributed by atoms with Crippen LogP contribution in [-0.4, -0.2) is 28.2 Å². The highest BCUT2D eigenvalue weighted by Crippen LogP contribution is 2.07. The number of hydrogen-bond acceptors (Lipinski definition) is 4. The van der Waals surface area contributed by atoms with Gasteiger partial charge in [0.15, 0.2) is 0 Å². The van der Waals surface area contributed by atoms with Crippen LogP contribution in [-0.2, 0) is 11.3 Å². The van der Waals surface area contributed by atoms with E-state index in [4.69, 9.17) is 10.3 Å². The van der Waals surface area contributed by atoms with Gasteiger partial charge < -0.3 is 10.4 Å². The number of nitrogens with one attached hydrogen (secondary N) is 2. The van der Waals surface area contributed by atoms with Crippen LogP contribution in [0, 0.1) is 5.92 Å². The molecule has 0 saturated carbocycles. The summed E-state index contributed by atoms with van der Waals surface area (Å²) in [5.74, 6) is -1.51. The number of carbonyl (C=O) groups is 2. The van der Waals surface area contributed by atoms with Crippen molar-refractivity contribution in [3.63, 3.8) is 0 Å². The summed E-state index contributed by atoms with van der Waals surface area (Å²) in [5, 5.41) is 20.5. The predicted molar refractivity (Wildman–Crippen MR) is 68.8 cm³/mol. The van der Waals surface area contributed by atoms with E-state index in [1.807, 2.05) is 13.8 Å². The van der Waals surface area contributed by atoms with Crippen molar-refractivity contribution in [1.82, 2.24) is 10.8 Å². The molecule has 0 heterocycles. The first kappa shape index (κ1) is 15.1. The highest BCUT2D eigenvalue weighted by molar-refractivity contribution is 5.87. The summed E-state index contributed by atoms with van der Waals surface area (Å²) in [6, 6.07) is 5.93. The smallest absolute Gasteiger partial charge is 0.335 e. The van der Waals surface area contributed by atoms with Crippen LogP contribution in [0.25, 0.3) is 0 Å². The Kier molecular flexibility index (Phi) is 5.47. The Morgan fingerprint density at radius 3 is 2.53 bits per heavy atom. The van der Waals surface area contributed by atoms with Crippen LogP contribution in [0.4, 0.5) is 0 Å². The van der Waals surface area contributed by atoms with Gasteiger partial charge in [0, 0.05) is 6.54 Å². The van der Waals surface area contributed by atoms with Crippen molar-refractivity contribution in [1.29, 1.82) is 0 Å². The number of carboxylic acid groups (broad SMARTS) is 1. The van der Waals surface area contributed by atoms with Gasteiger partial charge in [-0.15, -0.1) is 0 Å². The molecule has 104 valence electrons. The first-order valence-electron chi connectivity index (χ1n) is 5.95. The molecule has 0 radical (unpaired) electrons. The normalized spacial score (nSPS) is 12.2. The number of hydrogen-bond donors (Lipinski definition) is 4. The average molecular weight is 266 g/mol. The average Bonchev–Trinajstić information content (AvgIpc) is 2.38. The quantitative estimate of drug-likeness (QED) is 0.455. The minimum atomic E-state index is -0.990. The van der Waals surface area contributed by atoms with Gasteiger partial charge >= 0.3 is 5.97 Å². The summed E-state index contributed by atoms with van der Waals surface area (Å²) in [6.07, 6.45) is 0. The van der Waals surface area contributed by atoms with E-state index in [2.05, 4.69) is 5.32 Å². The van der Waals surface area contributed by atoms with Gasteiger partial charge in [0.2, 0.25) is 0 Å². The summed E-state index contributed by atoms with van der Waals surface area (Å²) < 4.78 is 0. The Labute approximate surface area is 111 Å². The highest BCUT2D eigenvalue weighted by Gasteiger charge is 2.20. The van der Waals surface area contributed by atoms with Crippen LogP contribution >= 0.6 is 0 Å². The lowest BCUT2D eigenvalue weighted by molar-refractivity contribution is -0.132. The Hall–Kier alpha value is -1.92. The monoisotopic (exact) mass is 266 g/mol. The van der Waals surface area contributed by atoms with Crippen molar-refractivity contribution in [2.24, 2.45) is 5.92 Å². The van der Waals surface area contributed by atoms with Crippen molar-refractivity contribution in [3.8, 4) is 0 Å². The Balaban J connectivity index is 2.71. The first-order chi connectivity index (χ1) is 8.95. The van der Waals surface area contributed by atoms with Crippen LogP contribution in [0.3, 0.4) is 0 Å². The van der Waals surface area contributed by atoms with E-state index in [0.29, 0.717) is 6.54 Å². The second kappa shape index (κ2) is 6.86. The van der Waals surface area contributed by atoms with Gasteiger partial charge in [-0.1, -0.05) is 26.0 Å². The third-order valence-corrected chi connectivity index (χ3v) is 2.76. The molecule has 0 unspecified atom stereocenters. The molecule has 0 aliphatic heterocycles. The largest absolute Gasteiger partial charge is 0.478 e. The maximum absolute atomic E-state index is 11.4. The summed E-state index contributed by atoms with van der Waals surface area (Å²) in [6.45, 7) is 4.04. The molecule has 0 fully saturated rings. The molecule has 0 bridgehead atoms. The molecule has 0 aliphatic rings. The zero-order valence-corrected chi connectivity index (χ0v) is 10.9. The number of rotatable bonds is 6. The van der Waals surface area contributed by atoms with E-state index in [0.717, 1.165) is 5.56 Å². The lowest BCUT2D eigenvalue weighted by Gasteiger charge is -2.20. The molecule has 6 heteroatoms. The standard InChI is InChI=1S/C13H18N2O4/c1-8(2)11(12(16)15-19)14-7-9-4-3-5-10(6-9)13(17)18/h3-6,8,11,14,19H,7H2,1-2H3,(H,15,16)(H,17,18)/t11-/m0/s1. The van der Waals surface area contributed by atoms with Crippen LogP contribution in [0.15, 0.2) is 24.3 Å². The van der Waals surface area contributed by atoms with Gasteiger partial charge in [-0.3, -0.25) is 10.0 Å². The van der Waals surface area contributed by atoms with E-state index < -0.39 is 17.9 Å². The fraction of sp³-hybridized carbons (Fsp3) is 0.385. The summed E-state index contributed by atoms with van der Waals surface area (Å²) in [4.78, 5) is 22.3. The van der Waals surface area contributed by atoms with E-state index in [-0.39, 0.29) is 11.5 Å². The van der Waals surface area contributed by atoms with Crippen molar-refractivity contribution >= 4 is 11.9 Å². The van der Waals surface area contributed by atoms with Gasteiger partial charge in [0.25, 0.3) is 5.91 Å². The van der Waals surface area contributed by atoms with Crippen LogP contribution < -0.4 is 10.8 Å². The number of benzene rings is 1.